The smallest absolute Gasteiger partial charge is 0.197 e. The molecule has 0 amide bonds. The fraction of sp³-hybridized carbons (Fsp3) is 0.0667. The third-order valence-corrected chi connectivity index (χ3v) is 4.27. The van der Waals surface area contributed by atoms with Crippen molar-refractivity contribution in [3.63, 3.8) is 0 Å². The Morgan fingerprint density at radius 3 is 2.64 bits per heavy atom. The van der Waals surface area contributed by atoms with E-state index in [2.05, 4.69) is 37.7 Å². The SMILES string of the molecule is C=C(O)CSc1nnc(-c2ccc(-c3ccc(Br)cc3)o2)[nH]1. The molecule has 0 aliphatic heterocycles. The summed E-state index contributed by atoms with van der Waals surface area (Å²) in [4.78, 5) is 3.05. The third-order valence-electron chi connectivity index (χ3n) is 2.81. The van der Waals surface area contributed by atoms with Crippen LogP contribution in [0.15, 0.2) is 62.8 Å². The number of aromatic nitrogens is 3. The Balaban J connectivity index is 1.79. The van der Waals surface area contributed by atoms with Crippen LogP contribution in [0.25, 0.3) is 22.9 Å². The lowest BCUT2D eigenvalue weighted by Gasteiger charge is -1.97. The molecule has 3 aromatic rings. The predicted octanol–water partition coefficient (Wildman–Crippen LogP) is 4.66. The summed E-state index contributed by atoms with van der Waals surface area (Å²) in [6, 6.07) is 11.6. The van der Waals surface area contributed by atoms with Crippen molar-refractivity contribution in [3.8, 4) is 22.9 Å². The number of aliphatic hydroxyl groups excluding tert-OH is 1. The summed E-state index contributed by atoms with van der Waals surface area (Å²) >= 11 is 4.73. The monoisotopic (exact) mass is 377 g/mol. The van der Waals surface area contributed by atoms with Crippen LogP contribution in [0.4, 0.5) is 0 Å². The van der Waals surface area contributed by atoms with Gasteiger partial charge in [-0.05, 0) is 24.3 Å². The number of furan rings is 1. The van der Waals surface area contributed by atoms with E-state index in [1.165, 1.54) is 11.8 Å². The molecule has 2 heterocycles. The summed E-state index contributed by atoms with van der Waals surface area (Å²) in [5.74, 6) is 2.39. The fourth-order valence-corrected chi connectivity index (χ4v) is 2.64. The highest BCUT2D eigenvalue weighted by atomic mass is 79.9. The highest BCUT2D eigenvalue weighted by molar-refractivity contribution is 9.10. The van der Waals surface area contributed by atoms with Gasteiger partial charge >= 0.3 is 0 Å². The van der Waals surface area contributed by atoms with Crippen molar-refractivity contribution in [2.75, 3.05) is 5.75 Å². The molecule has 0 radical (unpaired) electrons. The molecule has 0 saturated carbocycles. The van der Waals surface area contributed by atoms with Gasteiger partial charge in [0, 0.05) is 10.0 Å². The molecule has 0 fully saturated rings. The molecule has 22 heavy (non-hydrogen) atoms. The summed E-state index contributed by atoms with van der Waals surface area (Å²) in [6.45, 7) is 3.43. The van der Waals surface area contributed by atoms with Crippen LogP contribution in [0.1, 0.15) is 0 Å². The Bertz CT molecular complexity index is 795. The van der Waals surface area contributed by atoms with Gasteiger partial charge in [0.15, 0.2) is 16.7 Å². The highest BCUT2D eigenvalue weighted by Crippen LogP contribution is 2.28. The Kier molecular flexibility index (Phi) is 4.35. The summed E-state index contributed by atoms with van der Waals surface area (Å²) in [5.41, 5.74) is 0.986. The standard InChI is InChI=1S/C15H12BrN3O2S/c1-9(20)8-22-15-17-14(18-19-15)13-7-6-12(21-13)10-2-4-11(16)5-3-10/h2-7,20H,1,8H2,(H,17,18,19). The van der Waals surface area contributed by atoms with E-state index >= 15 is 0 Å². The summed E-state index contributed by atoms with van der Waals surface area (Å²) in [5, 5.41) is 17.7. The number of aromatic amines is 1. The summed E-state index contributed by atoms with van der Waals surface area (Å²) < 4.78 is 6.83. The van der Waals surface area contributed by atoms with Crippen molar-refractivity contribution in [2.45, 2.75) is 5.16 Å². The van der Waals surface area contributed by atoms with Crippen LogP contribution in [0.2, 0.25) is 0 Å². The van der Waals surface area contributed by atoms with Crippen LogP contribution in [0.5, 0.6) is 0 Å². The van der Waals surface area contributed by atoms with Gasteiger partial charge in [-0.1, -0.05) is 46.4 Å². The molecule has 0 unspecified atom stereocenters. The molecule has 0 aliphatic carbocycles. The average Bonchev–Trinajstić information content (AvgIpc) is 3.15. The molecule has 0 atom stereocenters. The Morgan fingerprint density at radius 2 is 1.91 bits per heavy atom. The van der Waals surface area contributed by atoms with Crippen LogP contribution in [-0.2, 0) is 0 Å². The minimum atomic E-state index is 0.0958. The van der Waals surface area contributed by atoms with Crippen molar-refractivity contribution in [1.82, 2.24) is 15.2 Å². The minimum Gasteiger partial charge on any atom is -0.512 e. The van der Waals surface area contributed by atoms with Gasteiger partial charge in [-0.2, -0.15) is 0 Å². The number of thioether (sulfide) groups is 1. The molecule has 5 nitrogen and oxygen atoms in total. The second-order valence-corrected chi connectivity index (χ2v) is 6.38. The molecule has 0 aliphatic rings. The highest BCUT2D eigenvalue weighted by Gasteiger charge is 2.11. The van der Waals surface area contributed by atoms with Crippen LogP contribution < -0.4 is 0 Å². The van der Waals surface area contributed by atoms with Gasteiger partial charge in [-0.3, -0.25) is 0 Å². The maximum absolute atomic E-state index is 9.09. The van der Waals surface area contributed by atoms with E-state index in [4.69, 9.17) is 9.52 Å². The molecule has 0 saturated heterocycles. The van der Waals surface area contributed by atoms with E-state index in [-0.39, 0.29) is 5.76 Å². The Labute approximate surface area is 139 Å². The first-order valence-corrected chi connectivity index (χ1v) is 8.18. The molecule has 2 N–H and O–H groups in total. The molecular formula is C15H12BrN3O2S. The number of aliphatic hydroxyl groups is 1. The predicted molar refractivity (Wildman–Crippen MR) is 89.7 cm³/mol. The van der Waals surface area contributed by atoms with E-state index in [9.17, 15) is 0 Å². The van der Waals surface area contributed by atoms with Gasteiger partial charge < -0.3 is 14.5 Å². The van der Waals surface area contributed by atoms with E-state index in [0.717, 1.165) is 15.8 Å². The third kappa shape index (κ3) is 3.42. The summed E-state index contributed by atoms with van der Waals surface area (Å²) in [7, 11) is 0. The second kappa shape index (κ2) is 6.41. The van der Waals surface area contributed by atoms with Crippen molar-refractivity contribution in [2.24, 2.45) is 0 Å². The van der Waals surface area contributed by atoms with Gasteiger partial charge in [0.05, 0.1) is 11.5 Å². The lowest BCUT2D eigenvalue weighted by Crippen LogP contribution is -1.83. The lowest BCUT2D eigenvalue weighted by molar-refractivity contribution is 0.420. The maximum Gasteiger partial charge on any atom is 0.197 e. The number of halogens is 1. The molecule has 3 rings (SSSR count). The van der Waals surface area contributed by atoms with Crippen molar-refractivity contribution >= 4 is 27.7 Å². The topological polar surface area (TPSA) is 74.9 Å². The average molecular weight is 378 g/mol. The quantitative estimate of drug-likeness (QED) is 0.499. The molecule has 7 heteroatoms. The molecule has 2 aromatic heterocycles. The van der Waals surface area contributed by atoms with Gasteiger partial charge in [-0.25, -0.2) is 0 Å². The van der Waals surface area contributed by atoms with Gasteiger partial charge in [0.2, 0.25) is 0 Å². The van der Waals surface area contributed by atoms with Crippen molar-refractivity contribution in [3.05, 3.63) is 53.2 Å². The van der Waals surface area contributed by atoms with E-state index < -0.39 is 0 Å². The first-order valence-electron chi connectivity index (χ1n) is 6.40. The molecule has 0 spiro atoms. The van der Waals surface area contributed by atoms with E-state index in [0.29, 0.717) is 22.5 Å². The normalized spacial score (nSPS) is 10.8. The second-order valence-electron chi connectivity index (χ2n) is 4.50. The van der Waals surface area contributed by atoms with E-state index in [1.54, 1.807) is 0 Å². The molecule has 0 bridgehead atoms. The van der Waals surface area contributed by atoms with Gasteiger partial charge in [0.25, 0.3) is 0 Å². The lowest BCUT2D eigenvalue weighted by atomic mass is 10.2. The zero-order valence-electron chi connectivity index (χ0n) is 11.4. The van der Waals surface area contributed by atoms with Gasteiger partial charge in [-0.15, -0.1) is 10.2 Å². The number of nitrogens with zero attached hydrogens (tertiary/aromatic N) is 2. The minimum absolute atomic E-state index is 0.0958. The number of benzene rings is 1. The Morgan fingerprint density at radius 1 is 1.18 bits per heavy atom. The van der Waals surface area contributed by atoms with Gasteiger partial charge in [0.1, 0.15) is 5.76 Å². The van der Waals surface area contributed by atoms with Crippen molar-refractivity contribution < 1.29 is 9.52 Å². The number of rotatable bonds is 5. The number of nitrogens with one attached hydrogen (secondary N) is 1. The fourth-order valence-electron chi connectivity index (χ4n) is 1.81. The zero-order valence-corrected chi connectivity index (χ0v) is 13.8. The molecule has 112 valence electrons. The van der Waals surface area contributed by atoms with Crippen LogP contribution in [-0.4, -0.2) is 26.0 Å². The Hall–Kier alpha value is -1.99. The zero-order chi connectivity index (χ0) is 15.5. The summed E-state index contributed by atoms with van der Waals surface area (Å²) in [6.07, 6.45) is 0. The molecule has 1 aromatic carbocycles. The largest absolute Gasteiger partial charge is 0.512 e. The molecular weight excluding hydrogens is 366 g/mol. The number of hydrogen-bond donors (Lipinski definition) is 2. The first kappa shape index (κ1) is 14.9. The number of H-pyrrole nitrogens is 1. The van der Waals surface area contributed by atoms with Crippen LogP contribution >= 0.6 is 27.7 Å². The van der Waals surface area contributed by atoms with Crippen LogP contribution in [0.3, 0.4) is 0 Å². The van der Waals surface area contributed by atoms with Crippen LogP contribution in [0, 0.1) is 0 Å². The maximum atomic E-state index is 9.09. The van der Waals surface area contributed by atoms with E-state index in [1.807, 2.05) is 36.4 Å². The van der Waals surface area contributed by atoms with Crippen molar-refractivity contribution in [1.29, 1.82) is 0 Å². The first-order chi connectivity index (χ1) is 10.6. The number of hydrogen-bond acceptors (Lipinski definition) is 5.